The van der Waals surface area contributed by atoms with Gasteiger partial charge in [0.25, 0.3) is 0 Å². The van der Waals surface area contributed by atoms with Crippen LogP contribution in [0.25, 0.3) is 0 Å². The first-order chi connectivity index (χ1) is 8.70. The van der Waals surface area contributed by atoms with Crippen LogP contribution in [0.2, 0.25) is 0 Å². The summed E-state index contributed by atoms with van der Waals surface area (Å²) < 4.78 is 5.22. The van der Waals surface area contributed by atoms with E-state index in [4.69, 9.17) is 4.74 Å². The van der Waals surface area contributed by atoms with E-state index >= 15 is 0 Å². The summed E-state index contributed by atoms with van der Waals surface area (Å²) in [6.45, 7) is 1.98. The molecular weight excluding hydrogens is 224 g/mol. The third-order valence-electron chi connectivity index (χ3n) is 3.31. The van der Waals surface area contributed by atoms with Gasteiger partial charge in [0.15, 0.2) is 0 Å². The molecule has 0 fully saturated rings. The summed E-state index contributed by atoms with van der Waals surface area (Å²) in [5.74, 6) is 0.760. The Hall–Kier alpha value is -1.80. The van der Waals surface area contributed by atoms with Gasteiger partial charge in [0.2, 0.25) is 0 Å². The largest absolute Gasteiger partial charge is 0.497 e. The summed E-state index contributed by atoms with van der Waals surface area (Å²) in [5.41, 5.74) is 0.798. The quantitative estimate of drug-likeness (QED) is 0.891. The molecule has 1 atom stereocenters. The standard InChI is InChI=1S/C16H18O2/c1-3-16(17,13-8-5-4-6-9-13)14-10-7-11-15(12-14)18-2/h4-12,17H,3H2,1-2H3. The van der Waals surface area contributed by atoms with Crippen LogP contribution < -0.4 is 4.74 Å². The maximum Gasteiger partial charge on any atom is 0.119 e. The Kier molecular flexibility index (Phi) is 3.68. The van der Waals surface area contributed by atoms with E-state index < -0.39 is 5.60 Å². The van der Waals surface area contributed by atoms with E-state index in [2.05, 4.69) is 0 Å². The van der Waals surface area contributed by atoms with Gasteiger partial charge in [-0.3, -0.25) is 0 Å². The van der Waals surface area contributed by atoms with E-state index in [0.717, 1.165) is 16.9 Å². The Morgan fingerprint density at radius 1 is 1.00 bits per heavy atom. The van der Waals surface area contributed by atoms with Crippen molar-refractivity contribution in [3.63, 3.8) is 0 Å². The Morgan fingerprint density at radius 2 is 1.67 bits per heavy atom. The molecule has 0 aliphatic heterocycles. The number of ether oxygens (including phenoxy) is 1. The second-order valence-corrected chi connectivity index (χ2v) is 4.31. The van der Waals surface area contributed by atoms with E-state index in [-0.39, 0.29) is 0 Å². The van der Waals surface area contributed by atoms with Crippen molar-refractivity contribution in [2.45, 2.75) is 18.9 Å². The molecule has 18 heavy (non-hydrogen) atoms. The third-order valence-corrected chi connectivity index (χ3v) is 3.31. The molecule has 2 heteroatoms. The predicted molar refractivity (Wildman–Crippen MR) is 72.7 cm³/mol. The van der Waals surface area contributed by atoms with E-state index in [1.165, 1.54) is 0 Å². The van der Waals surface area contributed by atoms with E-state index in [1.54, 1.807) is 7.11 Å². The Balaban J connectivity index is 2.49. The minimum atomic E-state index is -0.962. The lowest BCUT2D eigenvalue weighted by Gasteiger charge is -2.28. The normalized spacial score (nSPS) is 13.9. The van der Waals surface area contributed by atoms with Crippen LogP contribution in [0.3, 0.4) is 0 Å². The fourth-order valence-corrected chi connectivity index (χ4v) is 2.17. The monoisotopic (exact) mass is 242 g/mol. The van der Waals surface area contributed by atoms with Crippen LogP contribution in [0.15, 0.2) is 54.6 Å². The number of hydrogen-bond acceptors (Lipinski definition) is 2. The van der Waals surface area contributed by atoms with Gasteiger partial charge in [0.05, 0.1) is 7.11 Å². The number of benzene rings is 2. The first-order valence-electron chi connectivity index (χ1n) is 6.13. The third kappa shape index (κ3) is 2.24. The smallest absolute Gasteiger partial charge is 0.119 e. The average Bonchev–Trinajstić information content (AvgIpc) is 2.47. The van der Waals surface area contributed by atoms with Crippen LogP contribution in [0, 0.1) is 0 Å². The first kappa shape index (κ1) is 12.7. The SMILES string of the molecule is CCC(O)(c1ccccc1)c1cccc(OC)c1. The Labute approximate surface area is 108 Å². The van der Waals surface area contributed by atoms with Gasteiger partial charge >= 0.3 is 0 Å². The molecule has 0 saturated heterocycles. The first-order valence-corrected chi connectivity index (χ1v) is 6.13. The highest BCUT2D eigenvalue weighted by Gasteiger charge is 2.29. The molecule has 1 unspecified atom stereocenters. The molecule has 2 aromatic carbocycles. The highest BCUT2D eigenvalue weighted by Crippen LogP contribution is 2.34. The minimum Gasteiger partial charge on any atom is -0.497 e. The lowest BCUT2D eigenvalue weighted by atomic mass is 9.84. The molecule has 0 radical (unpaired) electrons. The lowest BCUT2D eigenvalue weighted by Crippen LogP contribution is -2.26. The molecule has 0 aliphatic carbocycles. The summed E-state index contributed by atoms with van der Waals surface area (Å²) >= 11 is 0. The zero-order valence-corrected chi connectivity index (χ0v) is 10.8. The second-order valence-electron chi connectivity index (χ2n) is 4.31. The van der Waals surface area contributed by atoms with Crippen molar-refractivity contribution in [2.75, 3.05) is 7.11 Å². The van der Waals surface area contributed by atoms with E-state index in [1.807, 2.05) is 61.5 Å². The zero-order chi connectivity index (χ0) is 13.0. The van der Waals surface area contributed by atoms with Crippen molar-refractivity contribution in [1.29, 1.82) is 0 Å². The molecule has 2 rings (SSSR count). The number of methoxy groups -OCH3 is 1. The molecule has 0 aromatic heterocycles. The van der Waals surface area contributed by atoms with Crippen molar-refractivity contribution in [3.8, 4) is 5.75 Å². The summed E-state index contributed by atoms with van der Waals surface area (Å²) in [6, 6.07) is 17.3. The van der Waals surface area contributed by atoms with Gasteiger partial charge in [-0.25, -0.2) is 0 Å². The van der Waals surface area contributed by atoms with Gasteiger partial charge in [-0.05, 0) is 29.7 Å². The topological polar surface area (TPSA) is 29.5 Å². The van der Waals surface area contributed by atoms with Crippen LogP contribution in [0.4, 0.5) is 0 Å². The fourth-order valence-electron chi connectivity index (χ4n) is 2.17. The van der Waals surface area contributed by atoms with E-state index in [0.29, 0.717) is 6.42 Å². The van der Waals surface area contributed by atoms with Gasteiger partial charge in [0.1, 0.15) is 11.4 Å². The lowest BCUT2D eigenvalue weighted by molar-refractivity contribution is 0.0763. The predicted octanol–water partition coefficient (Wildman–Crippen LogP) is 3.34. The van der Waals surface area contributed by atoms with Gasteiger partial charge < -0.3 is 9.84 Å². The molecule has 1 N–H and O–H groups in total. The van der Waals surface area contributed by atoms with Gasteiger partial charge in [0, 0.05) is 0 Å². The molecule has 2 aromatic rings. The molecular formula is C16H18O2. The number of aliphatic hydroxyl groups is 1. The Bertz CT molecular complexity index is 508. The van der Waals surface area contributed by atoms with Gasteiger partial charge in [-0.1, -0.05) is 49.4 Å². The molecule has 0 aliphatic rings. The molecule has 0 spiro atoms. The van der Waals surface area contributed by atoms with Crippen molar-refractivity contribution in [3.05, 3.63) is 65.7 Å². The summed E-state index contributed by atoms with van der Waals surface area (Å²) in [7, 11) is 1.63. The second kappa shape index (κ2) is 5.23. The molecule has 2 nitrogen and oxygen atoms in total. The molecule has 0 bridgehead atoms. The summed E-state index contributed by atoms with van der Waals surface area (Å²) in [6.07, 6.45) is 0.615. The highest BCUT2D eigenvalue weighted by molar-refractivity contribution is 5.39. The highest BCUT2D eigenvalue weighted by atomic mass is 16.5. The number of hydrogen-bond donors (Lipinski definition) is 1. The van der Waals surface area contributed by atoms with Crippen molar-refractivity contribution in [1.82, 2.24) is 0 Å². The van der Waals surface area contributed by atoms with Gasteiger partial charge in [-0.2, -0.15) is 0 Å². The van der Waals surface area contributed by atoms with Crippen LogP contribution in [-0.4, -0.2) is 12.2 Å². The summed E-state index contributed by atoms with van der Waals surface area (Å²) in [5, 5.41) is 10.9. The van der Waals surface area contributed by atoms with Crippen LogP contribution in [0.5, 0.6) is 5.75 Å². The fraction of sp³-hybridized carbons (Fsp3) is 0.250. The van der Waals surface area contributed by atoms with Crippen molar-refractivity contribution in [2.24, 2.45) is 0 Å². The molecule has 0 amide bonds. The van der Waals surface area contributed by atoms with Crippen molar-refractivity contribution >= 4 is 0 Å². The van der Waals surface area contributed by atoms with Crippen LogP contribution >= 0.6 is 0 Å². The maximum atomic E-state index is 10.9. The van der Waals surface area contributed by atoms with Crippen LogP contribution in [0.1, 0.15) is 24.5 Å². The maximum absolute atomic E-state index is 10.9. The van der Waals surface area contributed by atoms with Crippen LogP contribution in [-0.2, 0) is 5.60 Å². The Morgan fingerprint density at radius 3 is 2.28 bits per heavy atom. The molecule has 0 saturated carbocycles. The average molecular weight is 242 g/mol. The molecule has 94 valence electrons. The van der Waals surface area contributed by atoms with Gasteiger partial charge in [-0.15, -0.1) is 0 Å². The zero-order valence-electron chi connectivity index (χ0n) is 10.8. The molecule has 0 heterocycles. The van der Waals surface area contributed by atoms with E-state index in [9.17, 15) is 5.11 Å². The number of rotatable bonds is 4. The van der Waals surface area contributed by atoms with Crippen molar-refractivity contribution < 1.29 is 9.84 Å². The minimum absolute atomic E-state index is 0.615. The summed E-state index contributed by atoms with van der Waals surface area (Å²) in [4.78, 5) is 0.